The predicted octanol–water partition coefficient (Wildman–Crippen LogP) is 0.311. The van der Waals surface area contributed by atoms with Crippen molar-refractivity contribution in [2.45, 2.75) is 53.2 Å². The molecule has 0 radical (unpaired) electrons. The Hall–Kier alpha value is -1.89. The molecule has 0 bridgehead atoms. The molecule has 7 nitrogen and oxygen atoms in total. The van der Waals surface area contributed by atoms with Crippen LogP contribution in [0, 0.1) is 0 Å². The van der Waals surface area contributed by atoms with Crippen LogP contribution in [0.3, 0.4) is 0 Å². The second-order valence-corrected chi connectivity index (χ2v) is 4.98. The van der Waals surface area contributed by atoms with Gasteiger partial charge in [-0.1, -0.05) is 13.8 Å². The first-order valence-corrected chi connectivity index (χ1v) is 7.53. The van der Waals surface area contributed by atoms with E-state index in [4.69, 9.17) is 5.73 Å². The van der Waals surface area contributed by atoms with Gasteiger partial charge in [0.2, 0.25) is 0 Å². The van der Waals surface area contributed by atoms with Crippen LogP contribution in [0.25, 0.3) is 11.2 Å². The maximum Gasteiger partial charge on any atom is 0.332 e. The van der Waals surface area contributed by atoms with E-state index in [1.165, 1.54) is 4.57 Å². The minimum Gasteiger partial charge on any atom is -0.329 e. The Morgan fingerprint density at radius 3 is 2.29 bits per heavy atom. The van der Waals surface area contributed by atoms with E-state index in [2.05, 4.69) is 4.98 Å². The Bertz CT molecular complexity index is 753. The lowest BCUT2D eigenvalue weighted by Gasteiger charge is -2.10. The predicted molar refractivity (Wildman–Crippen MR) is 82.7 cm³/mol. The van der Waals surface area contributed by atoms with Crippen molar-refractivity contribution in [3.63, 3.8) is 0 Å². The van der Waals surface area contributed by atoms with E-state index in [-0.39, 0.29) is 24.3 Å². The Kier molecular flexibility index (Phi) is 4.62. The van der Waals surface area contributed by atoms with Gasteiger partial charge < -0.3 is 10.3 Å². The molecular formula is C14H23N5O2. The summed E-state index contributed by atoms with van der Waals surface area (Å²) in [6.45, 7) is 7.65. The zero-order valence-electron chi connectivity index (χ0n) is 12.9. The SMILES string of the molecule is CCCn1c(=O)n(CCN)c(=O)c2c1nc(CC)n2CC. The molecule has 0 aromatic carbocycles. The second-order valence-electron chi connectivity index (χ2n) is 4.98. The number of hydrogen-bond donors (Lipinski definition) is 1. The Morgan fingerprint density at radius 2 is 1.76 bits per heavy atom. The topological polar surface area (TPSA) is 87.8 Å². The molecule has 0 aliphatic heterocycles. The average molecular weight is 293 g/mol. The van der Waals surface area contributed by atoms with Crippen molar-refractivity contribution in [1.82, 2.24) is 18.7 Å². The fourth-order valence-corrected chi connectivity index (χ4v) is 2.70. The van der Waals surface area contributed by atoms with E-state index >= 15 is 0 Å². The van der Waals surface area contributed by atoms with E-state index in [1.54, 1.807) is 4.57 Å². The van der Waals surface area contributed by atoms with E-state index in [9.17, 15) is 9.59 Å². The fraction of sp³-hybridized carbons (Fsp3) is 0.643. The van der Waals surface area contributed by atoms with Crippen molar-refractivity contribution in [2.24, 2.45) is 5.73 Å². The summed E-state index contributed by atoms with van der Waals surface area (Å²) in [7, 11) is 0. The van der Waals surface area contributed by atoms with Crippen molar-refractivity contribution in [3.05, 3.63) is 26.7 Å². The van der Waals surface area contributed by atoms with Crippen molar-refractivity contribution in [1.29, 1.82) is 0 Å². The summed E-state index contributed by atoms with van der Waals surface area (Å²) in [5.41, 5.74) is 5.94. The van der Waals surface area contributed by atoms with Gasteiger partial charge in [0.25, 0.3) is 5.56 Å². The zero-order valence-corrected chi connectivity index (χ0v) is 12.9. The molecule has 0 unspecified atom stereocenters. The summed E-state index contributed by atoms with van der Waals surface area (Å²) < 4.78 is 4.72. The highest BCUT2D eigenvalue weighted by atomic mass is 16.2. The number of fused-ring (bicyclic) bond motifs is 1. The molecule has 2 N–H and O–H groups in total. The normalized spacial score (nSPS) is 11.4. The molecule has 116 valence electrons. The fourth-order valence-electron chi connectivity index (χ4n) is 2.70. The average Bonchev–Trinajstić information content (AvgIpc) is 2.86. The van der Waals surface area contributed by atoms with Gasteiger partial charge in [-0.3, -0.25) is 13.9 Å². The molecule has 0 spiro atoms. The molecule has 0 saturated heterocycles. The molecular weight excluding hydrogens is 270 g/mol. The van der Waals surface area contributed by atoms with Crippen LogP contribution < -0.4 is 17.0 Å². The molecule has 21 heavy (non-hydrogen) atoms. The minimum absolute atomic E-state index is 0.230. The number of nitrogens with two attached hydrogens (primary N) is 1. The molecule has 2 rings (SSSR count). The van der Waals surface area contributed by atoms with Crippen LogP contribution in [-0.2, 0) is 26.1 Å². The number of imidazole rings is 1. The Balaban J connectivity index is 2.95. The molecule has 2 aromatic rings. The lowest BCUT2D eigenvalue weighted by molar-refractivity contribution is 0.564. The van der Waals surface area contributed by atoms with Crippen LogP contribution in [0.2, 0.25) is 0 Å². The molecule has 0 amide bonds. The number of nitrogens with zero attached hydrogens (tertiary/aromatic N) is 4. The molecule has 0 fully saturated rings. The van der Waals surface area contributed by atoms with Crippen LogP contribution in [0.1, 0.15) is 33.0 Å². The summed E-state index contributed by atoms with van der Waals surface area (Å²) >= 11 is 0. The first-order valence-electron chi connectivity index (χ1n) is 7.53. The van der Waals surface area contributed by atoms with Crippen molar-refractivity contribution in [2.75, 3.05) is 6.54 Å². The highest BCUT2D eigenvalue weighted by molar-refractivity contribution is 5.71. The monoisotopic (exact) mass is 293 g/mol. The number of aromatic nitrogens is 4. The first-order chi connectivity index (χ1) is 10.1. The number of hydrogen-bond acceptors (Lipinski definition) is 4. The van der Waals surface area contributed by atoms with Crippen LogP contribution in [0.4, 0.5) is 0 Å². The van der Waals surface area contributed by atoms with Gasteiger partial charge in [-0.2, -0.15) is 0 Å². The third kappa shape index (κ3) is 2.42. The van der Waals surface area contributed by atoms with Gasteiger partial charge >= 0.3 is 5.69 Å². The largest absolute Gasteiger partial charge is 0.332 e. The molecule has 0 aliphatic rings. The molecule has 2 aromatic heterocycles. The molecule has 2 heterocycles. The third-order valence-electron chi connectivity index (χ3n) is 3.63. The van der Waals surface area contributed by atoms with E-state index in [0.717, 1.165) is 18.7 Å². The van der Waals surface area contributed by atoms with Gasteiger partial charge in [-0.15, -0.1) is 0 Å². The summed E-state index contributed by atoms with van der Waals surface area (Å²) in [6, 6.07) is 0. The highest BCUT2D eigenvalue weighted by Gasteiger charge is 2.19. The summed E-state index contributed by atoms with van der Waals surface area (Å²) in [6.07, 6.45) is 1.52. The smallest absolute Gasteiger partial charge is 0.329 e. The molecule has 0 atom stereocenters. The third-order valence-corrected chi connectivity index (χ3v) is 3.63. The number of rotatable bonds is 6. The molecule has 0 aliphatic carbocycles. The van der Waals surface area contributed by atoms with Gasteiger partial charge in [-0.25, -0.2) is 9.78 Å². The lowest BCUT2D eigenvalue weighted by atomic mass is 10.4. The van der Waals surface area contributed by atoms with E-state index < -0.39 is 0 Å². The second kappa shape index (κ2) is 6.26. The number of aryl methyl sites for hydroxylation is 3. The maximum atomic E-state index is 12.6. The summed E-state index contributed by atoms with van der Waals surface area (Å²) in [4.78, 5) is 29.7. The van der Waals surface area contributed by atoms with Crippen LogP contribution in [0.15, 0.2) is 9.59 Å². The van der Waals surface area contributed by atoms with Gasteiger partial charge in [0.05, 0.1) is 0 Å². The van der Waals surface area contributed by atoms with Crippen molar-refractivity contribution in [3.8, 4) is 0 Å². The lowest BCUT2D eigenvalue weighted by Crippen LogP contribution is -2.42. The van der Waals surface area contributed by atoms with Gasteiger partial charge in [-0.05, 0) is 13.3 Å². The van der Waals surface area contributed by atoms with E-state index in [0.29, 0.717) is 24.3 Å². The summed E-state index contributed by atoms with van der Waals surface area (Å²) in [5, 5.41) is 0. The van der Waals surface area contributed by atoms with Gasteiger partial charge in [0.1, 0.15) is 5.82 Å². The van der Waals surface area contributed by atoms with Crippen molar-refractivity contribution >= 4 is 11.2 Å². The van der Waals surface area contributed by atoms with Gasteiger partial charge in [0, 0.05) is 32.6 Å². The summed E-state index contributed by atoms with van der Waals surface area (Å²) in [5.74, 6) is 0.833. The van der Waals surface area contributed by atoms with Crippen LogP contribution in [-0.4, -0.2) is 25.2 Å². The van der Waals surface area contributed by atoms with Gasteiger partial charge in [0.15, 0.2) is 11.2 Å². The first kappa shape index (κ1) is 15.5. The molecule has 7 heteroatoms. The molecule has 0 saturated carbocycles. The van der Waals surface area contributed by atoms with Crippen molar-refractivity contribution < 1.29 is 0 Å². The maximum absolute atomic E-state index is 12.6. The Labute approximate surface area is 123 Å². The van der Waals surface area contributed by atoms with Crippen LogP contribution in [0.5, 0.6) is 0 Å². The zero-order chi connectivity index (χ0) is 15.6. The Morgan fingerprint density at radius 1 is 1.05 bits per heavy atom. The standard InChI is InChI=1S/C14H23N5O2/c1-4-8-18-12-11(17(6-3)10(5-2)16-12)13(20)19(9-7-15)14(18)21/h4-9,15H2,1-3H3. The highest BCUT2D eigenvalue weighted by Crippen LogP contribution is 2.12. The van der Waals surface area contributed by atoms with E-state index in [1.807, 2.05) is 25.3 Å². The minimum atomic E-state index is -0.316. The van der Waals surface area contributed by atoms with Crippen LogP contribution >= 0.6 is 0 Å². The quantitative estimate of drug-likeness (QED) is 0.830.